The Morgan fingerprint density at radius 1 is 1.37 bits per heavy atom. The molecular weight excluding hydrogens is 240 g/mol. The lowest BCUT2D eigenvalue weighted by atomic mass is 9.87. The summed E-state index contributed by atoms with van der Waals surface area (Å²) in [5.74, 6) is 0.921. The predicted molar refractivity (Wildman–Crippen MR) is 77.6 cm³/mol. The van der Waals surface area contributed by atoms with Gasteiger partial charge in [-0.05, 0) is 37.6 Å². The molecule has 0 aromatic carbocycles. The van der Waals surface area contributed by atoms with E-state index in [4.69, 9.17) is 5.73 Å². The average Bonchev–Trinajstić information content (AvgIpc) is 2.84. The molecule has 0 spiro atoms. The van der Waals surface area contributed by atoms with Gasteiger partial charge in [-0.1, -0.05) is 26.7 Å². The minimum Gasteiger partial charge on any atom is -0.396 e. The number of aliphatic hydroxyl groups excluding tert-OH is 1. The Labute approximate surface area is 117 Å². The van der Waals surface area contributed by atoms with Crippen LogP contribution in [0.15, 0.2) is 0 Å². The number of nitrogens with two attached hydrogens (primary N) is 1. The van der Waals surface area contributed by atoms with E-state index in [1.54, 1.807) is 0 Å². The van der Waals surface area contributed by atoms with Gasteiger partial charge in [-0.25, -0.2) is 0 Å². The molecule has 0 aromatic heterocycles. The summed E-state index contributed by atoms with van der Waals surface area (Å²) >= 11 is 0. The minimum atomic E-state index is -0.0636. The summed E-state index contributed by atoms with van der Waals surface area (Å²) in [6.07, 6.45) is 5.88. The monoisotopic (exact) mass is 270 g/mol. The molecule has 0 aliphatic heterocycles. The molecule has 0 saturated heterocycles. The van der Waals surface area contributed by atoms with Crippen molar-refractivity contribution in [2.24, 2.45) is 23.0 Å². The fourth-order valence-corrected chi connectivity index (χ4v) is 3.07. The first kappa shape index (κ1) is 16.4. The second-order valence-electron chi connectivity index (χ2n) is 6.58. The highest BCUT2D eigenvalue weighted by Crippen LogP contribution is 2.36. The van der Waals surface area contributed by atoms with Crippen molar-refractivity contribution in [1.29, 1.82) is 0 Å². The fourth-order valence-electron chi connectivity index (χ4n) is 3.07. The molecule has 0 bridgehead atoms. The van der Waals surface area contributed by atoms with E-state index in [1.165, 1.54) is 0 Å². The molecule has 112 valence electrons. The number of nitrogens with one attached hydrogen (secondary N) is 1. The number of hydrogen-bond acceptors (Lipinski definition) is 3. The summed E-state index contributed by atoms with van der Waals surface area (Å²) < 4.78 is 0. The van der Waals surface area contributed by atoms with Crippen molar-refractivity contribution >= 4 is 5.91 Å². The summed E-state index contributed by atoms with van der Waals surface area (Å²) in [7, 11) is 0. The Morgan fingerprint density at radius 2 is 2.00 bits per heavy atom. The molecule has 1 aliphatic carbocycles. The van der Waals surface area contributed by atoms with Gasteiger partial charge in [0.2, 0.25) is 5.91 Å². The highest BCUT2D eigenvalue weighted by molar-refractivity contribution is 5.76. The number of aliphatic hydroxyl groups is 1. The van der Waals surface area contributed by atoms with Gasteiger partial charge >= 0.3 is 0 Å². The SMILES string of the molecule is CC(C)CC(CN)CC(=O)NCC1(CO)CCCC1. The second-order valence-corrected chi connectivity index (χ2v) is 6.58. The number of carbonyl (C=O) groups excluding carboxylic acids is 1. The van der Waals surface area contributed by atoms with Crippen LogP contribution in [0.2, 0.25) is 0 Å². The second kappa shape index (κ2) is 7.85. The van der Waals surface area contributed by atoms with Gasteiger partial charge in [0.15, 0.2) is 0 Å². The summed E-state index contributed by atoms with van der Waals surface area (Å²) in [5.41, 5.74) is 5.66. The lowest BCUT2D eigenvalue weighted by molar-refractivity contribution is -0.122. The van der Waals surface area contributed by atoms with Gasteiger partial charge in [0.25, 0.3) is 0 Å². The van der Waals surface area contributed by atoms with Gasteiger partial charge in [-0.2, -0.15) is 0 Å². The van der Waals surface area contributed by atoms with E-state index < -0.39 is 0 Å². The summed E-state index contributed by atoms with van der Waals surface area (Å²) in [4.78, 5) is 12.0. The van der Waals surface area contributed by atoms with E-state index >= 15 is 0 Å². The Morgan fingerprint density at radius 3 is 2.47 bits per heavy atom. The van der Waals surface area contributed by atoms with E-state index in [2.05, 4.69) is 19.2 Å². The van der Waals surface area contributed by atoms with Gasteiger partial charge in [0.1, 0.15) is 0 Å². The van der Waals surface area contributed by atoms with Crippen LogP contribution in [0.25, 0.3) is 0 Å². The largest absolute Gasteiger partial charge is 0.396 e. The lowest BCUT2D eigenvalue weighted by Gasteiger charge is -2.27. The molecule has 0 radical (unpaired) electrons. The zero-order valence-corrected chi connectivity index (χ0v) is 12.5. The summed E-state index contributed by atoms with van der Waals surface area (Å²) in [6, 6.07) is 0. The Bertz CT molecular complexity index is 273. The Kier molecular flexibility index (Phi) is 6.80. The van der Waals surface area contributed by atoms with Crippen LogP contribution in [0, 0.1) is 17.3 Å². The first-order valence-electron chi connectivity index (χ1n) is 7.59. The molecule has 1 saturated carbocycles. The smallest absolute Gasteiger partial charge is 0.220 e. The van der Waals surface area contributed by atoms with Gasteiger partial charge < -0.3 is 16.2 Å². The molecule has 4 heteroatoms. The van der Waals surface area contributed by atoms with Gasteiger partial charge in [0, 0.05) is 18.4 Å². The van der Waals surface area contributed by atoms with E-state index in [1.807, 2.05) is 0 Å². The van der Waals surface area contributed by atoms with Crippen molar-refractivity contribution in [3.05, 3.63) is 0 Å². The topological polar surface area (TPSA) is 75.4 Å². The number of carbonyl (C=O) groups is 1. The number of rotatable bonds is 8. The molecule has 1 unspecified atom stereocenters. The predicted octanol–water partition coefficient (Wildman–Crippen LogP) is 1.67. The van der Waals surface area contributed by atoms with Crippen LogP contribution in [0.1, 0.15) is 52.4 Å². The van der Waals surface area contributed by atoms with Gasteiger partial charge in [-0.15, -0.1) is 0 Å². The highest BCUT2D eigenvalue weighted by atomic mass is 16.3. The highest BCUT2D eigenvalue weighted by Gasteiger charge is 2.33. The van der Waals surface area contributed by atoms with Gasteiger partial charge in [0.05, 0.1) is 6.61 Å². The first-order chi connectivity index (χ1) is 9.01. The minimum absolute atomic E-state index is 0.0636. The maximum Gasteiger partial charge on any atom is 0.220 e. The van der Waals surface area contributed by atoms with E-state index in [9.17, 15) is 9.90 Å². The van der Waals surface area contributed by atoms with E-state index in [0.29, 0.717) is 25.4 Å². The molecule has 19 heavy (non-hydrogen) atoms. The first-order valence-corrected chi connectivity index (χ1v) is 7.59. The van der Waals surface area contributed by atoms with Crippen molar-refractivity contribution in [2.75, 3.05) is 19.7 Å². The van der Waals surface area contributed by atoms with Crippen molar-refractivity contribution in [3.8, 4) is 0 Å². The fraction of sp³-hybridized carbons (Fsp3) is 0.933. The normalized spacial score (nSPS) is 19.6. The Balaban J connectivity index is 2.33. The van der Waals surface area contributed by atoms with E-state index in [0.717, 1.165) is 32.1 Å². The molecule has 1 fully saturated rings. The molecule has 1 aliphatic rings. The van der Waals surface area contributed by atoms with Crippen molar-refractivity contribution in [2.45, 2.75) is 52.4 Å². The van der Waals surface area contributed by atoms with E-state index in [-0.39, 0.29) is 23.8 Å². The maximum atomic E-state index is 12.0. The third-order valence-corrected chi connectivity index (χ3v) is 4.27. The third-order valence-electron chi connectivity index (χ3n) is 4.27. The van der Waals surface area contributed by atoms with Crippen LogP contribution >= 0.6 is 0 Å². The van der Waals surface area contributed by atoms with Crippen LogP contribution in [-0.4, -0.2) is 30.7 Å². The quantitative estimate of drug-likeness (QED) is 0.628. The molecule has 4 N–H and O–H groups in total. The van der Waals surface area contributed by atoms with Gasteiger partial charge in [-0.3, -0.25) is 4.79 Å². The van der Waals surface area contributed by atoms with Crippen LogP contribution in [0.5, 0.6) is 0 Å². The lowest BCUT2D eigenvalue weighted by Crippen LogP contribution is -2.39. The van der Waals surface area contributed by atoms with Crippen LogP contribution in [0.3, 0.4) is 0 Å². The van der Waals surface area contributed by atoms with Crippen molar-refractivity contribution in [1.82, 2.24) is 5.32 Å². The molecule has 1 atom stereocenters. The average molecular weight is 270 g/mol. The molecule has 1 rings (SSSR count). The molecular formula is C15H30N2O2. The molecule has 0 heterocycles. The summed E-state index contributed by atoms with van der Waals surface area (Å²) in [5, 5.41) is 12.5. The van der Waals surface area contributed by atoms with Crippen LogP contribution in [0.4, 0.5) is 0 Å². The molecule has 0 aromatic rings. The third kappa shape index (κ3) is 5.49. The molecule has 4 nitrogen and oxygen atoms in total. The Hall–Kier alpha value is -0.610. The van der Waals surface area contributed by atoms with Crippen LogP contribution < -0.4 is 11.1 Å². The molecule has 1 amide bonds. The summed E-state index contributed by atoms with van der Waals surface area (Å²) in [6.45, 7) is 5.66. The zero-order valence-electron chi connectivity index (χ0n) is 12.5. The maximum absolute atomic E-state index is 12.0. The van der Waals surface area contributed by atoms with Crippen LogP contribution in [-0.2, 0) is 4.79 Å². The standard InChI is InChI=1S/C15H30N2O2/c1-12(2)7-13(9-16)8-14(19)17-10-15(11-18)5-3-4-6-15/h12-13,18H,3-11,16H2,1-2H3,(H,17,19). The number of amides is 1. The van der Waals surface area contributed by atoms with Crippen molar-refractivity contribution < 1.29 is 9.90 Å². The zero-order chi connectivity index (χ0) is 14.3. The van der Waals surface area contributed by atoms with Crippen molar-refractivity contribution in [3.63, 3.8) is 0 Å². The number of hydrogen-bond donors (Lipinski definition) is 3.